The molecule has 0 aliphatic heterocycles. The molecule has 4 rings (SSSR count). The molecular weight excluding hydrogens is 525 g/mol. The molecule has 0 saturated carbocycles. The Morgan fingerprint density at radius 1 is 1.00 bits per heavy atom. The third kappa shape index (κ3) is 5.04. The van der Waals surface area contributed by atoms with Gasteiger partial charge >= 0.3 is 0 Å². The Morgan fingerprint density at radius 2 is 1.69 bits per heavy atom. The van der Waals surface area contributed by atoms with Crippen molar-refractivity contribution in [2.24, 2.45) is 0 Å². The van der Waals surface area contributed by atoms with Gasteiger partial charge in [0, 0.05) is 28.9 Å². The largest absolute Gasteiger partial charge is 0.495 e. The lowest BCUT2D eigenvalue weighted by Gasteiger charge is -2.18. The molecule has 0 atom stereocenters. The Morgan fingerprint density at radius 3 is 2.34 bits per heavy atom. The SMILES string of the molecule is CCN(CC)S(=O)(=O)c1ccc2c(c1)nc(SCc1c(Cl)cccc1Cl)n2-c1ccccc1OC. The number of nitrogens with zero attached hydrogens (tertiary/aromatic N) is 3. The maximum absolute atomic E-state index is 13.1. The van der Waals surface area contributed by atoms with Crippen LogP contribution in [0.1, 0.15) is 19.4 Å². The van der Waals surface area contributed by atoms with Crippen LogP contribution < -0.4 is 4.74 Å². The molecule has 6 nitrogen and oxygen atoms in total. The normalized spacial score (nSPS) is 11.9. The molecule has 184 valence electrons. The zero-order valence-electron chi connectivity index (χ0n) is 19.5. The molecule has 0 N–H and O–H groups in total. The number of hydrogen-bond donors (Lipinski definition) is 0. The first kappa shape index (κ1) is 25.9. The average Bonchev–Trinajstić information content (AvgIpc) is 3.21. The number of hydrogen-bond acceptors (Lipinski definition) is 5. The molecule has 1 aromatic heterocycles. The van der Waals surface area contributed by atoms with Gasteiger partial charge in [-0.1, -0.05) is 67.0 Å². The predicted molar refractivity (Wildman–Crippen MR) is 144 cm³/mol. The van der Waals surface area contributed by atoms with Gasteiger partial charge in [-0.3, -0.25) is 4.57 Å². The minimum Gasteiger partial charge on any atom is -0.495 e. The zero-order valence-corrected chi connectivity index (χ0v) is 22.7. The average molecular weight is 551 g/mol. The molecule has 0 unspecified atom stereocenters. The van der Waals surface area contributed by atoms with Crippen molar-refractivity contribution in [3.63, 3.8) is 0 Å². The highest BCUT2D eigenvalue weighted by molar-refractivity contribution is 7.98. The Bertz CT molecular complexity index is 1450. The Hall–Kier alpha value is -2.23. The smallest absolute Gasteiger partial charge is 0.243 e. The van der Waals surface area contributed by atoms with E-state index in [2.05, 4.69) is 0 Å². The van der Waals surface area contributed by atoms with E-state index in [9.17, 15) is 8.42 Å². The van der Waals surface area contributed by atoms with Gasteiger partial charge in [-0.2, -0.15) is 4.31 Å². The van der Waals surface area contributed by atoms with Gasteiger partial charge in [0.25, 0.3) is 0 Å². The van der Waals surface area contributed by atoms with Gasteiger partial charge in [-0.15, -0.1) is 0 Å². The molecule has 3 aromatic carbocycles. The van der Waals surface area contributed by atoms with Crippen LogP contribution in [0.2, 0.25) is 10.0 Å². The molecule has 0 bridgehead atoms. The molecule has 35 heavy (non-hydrogen) atoms. The first-order valence-electron chi connectivity index (χ1n) is 11.0. The highest BCUT2D eigenvalue weighted by Crippen LogP contribution is 2.37. The summed E-state index contributed by atoms with van der Waals surface area (Å²) in [5.74, 6) is 1.16. The maximum atomic E-state index is 13.1. The second-order valence-electron chi connectivity index (χ2n) is 7.63. The Balaban J connectivity index is 1.87. The number of methoxy groups -OCH3 is 1. The zero-order chi connectivity index (χ0) is 25.2. The molecule has 0 aliphatic rings. The second kappa shape index (κ2) is 10.8. The lowest BCUT2D eigenvalue weighted by Crippen LogP contribution is -2.30. The highest BCUT2D eigenvalue weighted by atomic mass is 35.5. The van der Waals surface area contributed by atoms with Crippen LogP contribution in [0.5, 0.6) is 5.75 Å². The van der Waals surface area contributed by atoms with E-state index in [0.717, 1.165) is 16.8 Å². The molecule has 4 aromatic rings. The summed E-state index contributed by atoms with van der Waals surface area (Å²) in [6.07, 6.45) is 0. The first-order chi connectivity index (χ1) is 16.8. The lowest BCUT2D eigenvalue weighted by atomic mass is 10.2. The predicted octanol–water partition coefficient (Wildman–Crippen LogP) is 6.66. The summed E-state index contributed by atoms with van der Waals surface area (Å²) in [6, 6.07) is 18.1. The van der Waals surface area contributed by atoms with Crippen LogP contribution in [0.15, 0.2) is 70.7 Å². The highest BCUT2D eigenvalue weighted by Gasteiger charge is 2.24. The van der Waals surface area contributed by atoms with E-state index in [1.807, 2.05) is 42.7 Å². The lowest BCUT2D eigenvalue weighted by molar-refractivity contribution is 0.412. The van der Waals surface area contributed by atoms with Gasteiger partial charge in [0.15, 0.2) is 5.16 Å². The number of fused-ring (bicyclic) bond motifs is 1. The summed E-state index contributed by atoms with van der Waals surface area (Å²) in [6.45, 7) is 4.44. The quantitative estimate of drug-likeness (QED) is 0.218. The number of imidazole rings is 1. The number of benzene rings is 3. The minimum atomic E-state index is -3.62. The van der Waals surface area contributed by atoms with E-state index in [4.69, 9.17) is 32.9 Å². The summed E-state index contributed by atoms with van der Waals surface area (Å²) in [4.78, 5) is 5.04. The van der Waals surface area contributed by atoms with Gasteiger partial charge in [0.05, 0.1) is 28.7 Å². The van der Waals surface area contributed by atoms with Gasteiger partial charge in [0.1, 0.15) is 5.75 Å². The van der Waals surface area contributed by atoms with Crippen molar-refractivity contribution in [2.75, 3.05) is 20.2 Å². The maximum Gasteiger partial charge on any atom is 0.243 e. The summed E-state index contributed by atoms with van der Waals surface area (Å²) in [7, 11) is -2.01. The molecule has 0 radical (unpaired) electrons. The minimum absolute atomic E-state index is 0.212. The molecule has 0 aliphatic carbocycles. The van der Waals surface area contributed by atoms with Crippen LogP contribution in [-0.2, 0) is 15.8 Å². The standard InChI is InChI=1S/C25H25Cl2N3O3S2/c1-4-29(5-2)35(31,32)17-13-14-22-21(15-17)28-25(30(22)23-11-6-7-12-24(23)33-3)34-16-18-19(26)9-8-10-20(18)27/h6-15H,4-5,16H2,1-3H3. The topological polar surface area (TPSA) is 64.4 Å². The third-order valence-electron chi connectivity index (χ3n) is 5.67. The van der Waals surface area contributed by atoms with Crippen LogP contribution in [0.25, 0.3) is 16.7 Å². The van der Waals surface area contributed by atoms with Crippen molar-refractivity contribution in [3.05, 3.63) is 76.3 Å². The van der Waals surface area contributed by atoms with Crippen molar-refractivity contribution in [1.82, 2.24) is 13.9 Å². The number of rotatable bonds is 9. The molecule has 10 heteroatoms. The molecular formula is C25H25Cl2N3O3S2. The van der Waals surface area contributed by atoms with E-state index in [-0.39, 0.29) is 4.90 Å². The number of sulfonamides is 1. The van der Waals surface area contributed by atoms with E-state index in [0.29, 0.717) is 45.3 Å². The summed E-state index contributed by atoms with van der Waals surface area (Å²) in [5.41, 5.74) is 2.94. The number of aromatic nitrogens is 2. The van der Waals surface area contributed by atoms with E-state index < -0.39 is 10.0 Å². The van der Waals surface area contributed by atoms with Crippen LogP contribution >= 0.6 is 35.0 Å². The Kier molecular flexibility index (Phi) is 7.98. The van der Waals surface area contributed by atoms with Crippen molar-refractivity contribution < 1.29 is 13.2 Å². The van der Waals surface area contributed by atoms with Crippen LogP contribution in [0, 0.1) is 0 Å². The number of thioether (sulfide) groups is 1. The Labute approximate surface area is 219 Å². The van der Waals surface area contributed by atoms with E-state index >= 15 is 0 Å². The fourth-order valence-electron chi connectivity index (χ4n) is 3.86. The fraction of sp³-hybridized carbons (Fsp3) is 0.240. The van der Waals surface area contributed by atoms with Crippen molar-refractivity contribution in [2.45, 2.75) is 29.7 Å². The third-order valence-corrected chi connectivity index (χ3v) is 9.39. The molecule has 0 amide bonds. The van der Waals surface area contributed by atoms with Crippen LogP contribution in [0.4, 0.5) is 0 Å². The molecule has 0 spiro atoms. The monoisotopic (exact) mass is 549 g/mol. The number of para-hydroxylation sites is 2. The molecule has 0 fully saturated rings. The summed E-state index contributed by atoms with van der Waals surface area (Å²) < 4.78 is 35.3. The van der Waals surface area contributed by atoms with Gasteiger partial charge in [-0.05, 0) is 48.0 Å². The number of halogens is 2. The van der Waals surface area contributed by atoms with Crippen molar-refractivity contribution >= 4 is 56.0 Å². The van der Waals surface area contributed by atoms with Crippen LogP contribution in [-0.4, -0.2) is 42.5 Å². The second-order valence-corrected chi connectivity index (χ2v) is 11.3. The molecule has 1 heterocycles. The summed E-state index contributed by atoms with van der Waals surface area (Å²) in [5, 5.41) is 1.83. The summed E-state index contributed by atoms with van der Waals surface area (Å²) >= 11 is 14.2. The van der Waals surface area contributed by atoms with Gasteiger partial charge < -0.3 is 4.74 Å². The van der Waals surface area contributed by atoms with E-state index in [1.54, 1.807) is 43.5 Å². The first-order valence-corrected chi connectivity index (χ1v) is 14.2. The van der Waals surface area contributed by atoms with Crippen LogP contribution in [0.3, 0.4) is 0 Å². The van der Waals surface area contributed by atoms with E-state index in [1.165, 1.54) is 16.1 Å². The van der Waals surface area contributed by atoms with Crippen molar-refractivity contribution in [3.8, 4) is 11.4 Å². The van der Waals surface area contributed by atoms with Gasteiger partial charge in [-0.25, -0.2) is 13.4 Å². The number of ether oxygens (including phenoxy) is 1. The fourth-order valence-corrected chi connectivity index (χ4v) is 7.10. The van der Waals surface area contributed by atoms with Crippen molar-refractivity contribution in [1.29, 1.82) is 0 Å². The molecule has 0 saturated heterocycles. The van der Waals surface area contributed by atoms with Gasteiger partial charge in [0.2, 0.25) is 10.0 Å².